The molecule has 5 aromatic heterocycles. The number of hydrogen-bond acceptors (Lipinski definition) is 4. The first-order chi connectivity index (χ1) is 27.4. The summed E-state index contributed by atoms with van der Waals surface area (Å²) in [5.41, 5.74) is 9.33. The Balaban J connectivity index is 1.09. The molecule has 0 saturated carbocycles. The maximum atomic E-state index is 6.79. The van der Waals surface area contributed by atoms with Crippen LogP contribution in [0.1, 0.15) is 50.7 Å². The molecule has 11 rings (SSSR count). The van der Waals surface area contributed by atoms with Crippen LogP contribution >= 0.6 is 11.3 Å². The van der Waals surface area contributed by atoms with Gasteiger partial charge in [-0.3, -0.25) is 8.97 Å². The van der Waals surface area contributed by atoms with Gasteiger partial charge in [-0.25, -0.2) is 9.97 Å². The number of para-hydroxylation sites is 1. The number of pyridine rings is 2. The van der Waals surface area contributed by atoms with Crippen LogP contribution in [0.4, 0.5) is 0 Å². The van der Waals surface area contributed by atoms with Crippen LogP contribution in [-0.2, 0) is 0 Å². The van der Waals surface area contributed by atoms with Crippen LogP contribution in [0.25, 0.3) is 86.4 Å². The summed E-state index contributed by atoms with van der Waals surface area (Å²) in [5.74, 6) is 3.13. The molecule has 0 aliphatic rings. The van der Waals surface area contributed by atoms with Crippen LogP contribution in [0.3, 0.4) is 0 Å². The zero-order valence-electron chi connectivity index (χ0n) is 31.6. The van der Waals surface area contributed by atoms with Crippen LogP contribution in [0, 0.1) is 0 Å². The molecule has 0 aliphatic carbocycles. The van der Waals surface area contributed by atoms with Crippen molar-refractivity contribution >= 4 is 80.6 Å². The molecule has 0 unspecified atom stereocenters. The lowest BCUT2D eigenvalue weighted by Crippen LogP contribution is -2.02. The van der Waals surface area contributed by atoms with Crippen LogP contribution < -0.4 is 4.74 Å². The smallest absolute Gasteiger partial charge is 0.145 e. The van der Waals surface area contributed by atoms with Gasteiger partial charge in [0.05, 0.1) is 28.4 Å². The van der Waals surface area contributed by atoms with Gasteiger partial charge in [0.2, 0.25) is 0 Å². The summed E-state index contributed by atoms with van der Waals surface area (Å²) in [4.78, 5) is 9.99. The molecule has 6 heteroatoms. The molecule has 0 amide bonds. The molecular weight excluding hydrogens is 705 g/mol. The van der Waals surface area contributed by atoms with E-state index in [-0.39, 0.29) is 0 Å². The lowest BCUT2D eigenvalue weighted by Gasteiger charge is -2.20. The van der Waals surface area contributed by atoms with Gasteiger partial charge in [0.1, 0.15) is 23.0 Å². The minimum Gasteiger partial charge on any atom is -0.457 e. The fourth-order valence-corrected chi connectivity index (χ4v) is 9.99. The highest BCUT2D eigenvalue weighted by atomic mass is 32.1. The maximum absolute atomic E-state index is 6.79. The van der Waals surface area contributed by atoms with E-state index in [1.807, 2.05) is 29.7 Å². The Bertz CT molecular complexity index is 3320. The average molecular weight is 743 g/mol. The molecule has 56 heavy (non-hydrogen) atoms. The zero-order valence-corrected chi connectivity index (χ0v) is 32.4. The second kappa shape index (κ2) is 12.5. The molecule has 0 aliphatic heterocycles. The number of fused-ring (bicyclic) bond motifs is 12. The number of imidazole rings is 1. The van der Waals surface area contributed by atoms with Crippen molar-refractivity contribution in [3.05, 3.63) is 157 Å². The molecule has 0 radical (unpaired) electrons. The van der Waals surface area contributed by atoms with Gasteiger partial charge in [-0.1, -0.05) is 88.4 Å². The van der Waals surface area contributed by atoms with Crippen LogP contribution in [0.5, 0.6) is 11.5 Å². The van der Waals surface area contributed by atoms with E-state index < -0.39 is 0 Å². The minimum absolute atomic E-state index is 0.367. The fourth-order valence-electron chi connectivity index (χ4n) is 8.86. The van der Waals surface area contributed by atoms with Crippen molar-refractivity contribution < 1.29 is 4.74 Å². The fraction of sp³-hybridized carbons (Fsp3) is 0.120. The average Bonchev–Trinajstić information content (AvgIpc) is 3.92. The monoisotopic (exact) mass is 742 g/mol. The number of rotatable bonds is 6. The van der Waals surface area contributed by atoms with E-state index in [1.54, 1.807) is 0 Å². The number of thiophene rings is 1. The first-order valence-corrected chi connectivity index (χ1v) is 20.2. The molecule has 0 bridgehead atoms. The van der Waals surface area contributed by atoms with E-state index in [0.29, 0.717) is 11.8 Å². The molecule has 0 fully saturated rings. The highest BCUT2D eigenvalue weighted by Crippen LogP contribution is 2.43. The Morgan fingerprint density at radius 3 is 2.00 bits per heavy atom. The molecular formula is C50H38N4OS. The molecule has 6 aromatic carbocycles. The topological polar surface area (TPSA) is 44.3 Å². The van der Waals surface area contributed by atoms with Gasteiger partial charge >= 0.3 is 0 Å². The van der Waals surface area contributed by atoms with Gasteiger partial charge in [-0.2, -0.15) is 0 Å². The highest BCUT2D eigenvalue weighted by Gasteiger charge is 2.22. The van der Waals surface area contributed by atoms with Gasteiger partial charge in [-0.15, -0.1) is 11.3 Å². The van der Waals surface area contributed by atoms with Gasteiger partial charge in [0.15, 0.2) is 0 Å². The van der Waals surface area contributed by atoms with E-state index in [1.165, 1.54) is 47.6 Å². The largest absolute Gasteiger partial charge is 0.457 e. The number of aromatic nitrogens is 4. The van der Waals surface area contributed by atoms with E-state index in [4.69, 9.17) is 14.7 Å². The lowest BCUT2D eigenvalue weighted by molar-refractivity contribution is 0.484. The minimum atomic E-state index is 0.367. The second-order valence-electron chi connectivity index (χ2n) is 15.4. The van der Waals surface area contributed by atoms with Crippen molar-refractivity contribution in [1.82, 2.24) is 18.9 Å². The summed E-state index contributed by atoms with van der Waals surface area (Å²) < 4.78 is 14.0. The van der Waals surface area contributed by atoms with Gasteiger partial charge in [0.25, 0.3) is 0 Å². The highest BCUT2D eigenvalue weighted by molar-refractivity contribution is 7.25. The molecule has 0 saturated heterocycles. The molecule has 11 aromatic rings. The molecule has 5 heterocycles. The summed E-state index contributed by atoms with van der Waals surface area (Å²) in [5, 5.41) is 8.29. The van der Waals surface area contributed by atoms with E-state index in [2.05, 4.69) is 164 Å². The third-order valence-electron chi connectivity index (χ3n) is 11.4. The predicted octanol–water partition coefficient (Wildman–Crippen LogP) is 14.2. The van der Waals surface area contributed by atoms with Gasteiger partial charge in [-0.05, 0) is 95.1 Å². The van der Waals surface area contributed by atoms with Crippen molar-refractivity contribution in [2.24, 2.45) is 0 Å². The lowest BCUT2D eigenvalue weighted by atomic mass is 9.87. The Hall–Kier alpha value is -6.50. The van der Waals surface area contributed by atoms with E-state index in [9.17, 15) is 0 Å². The zero-order chi connectivity index (χ0) is 37.7. The number of hydrogen-bond donors (Lipinski definition) is 0. The Kier molecular flexibility index (Phi) is 7.35. The standard InChI is InChI=1S/C50H38N4OS/c1-29(2)33-14-11-15-34(30(3)4)49(33)45-28-52-50-41-24-31(19-21-35(41)36-12-5-7-16-42(36)54(45)50)55-32-20-22-37-39-27-47-40(38-13-6-8-17-46(38)56-47)26-44(39)53(43(37)25-32)48-18-9-10-23-51-48/h5-30H,1-4H3. The van der Waals surface area contributed by atoms with E-state index in [0.717, 1.165) is 61.4 Å². The molecule has 0 atom stereocenters. The number of benzene rings is 6. The van der Waals surface area contributed by atoms with Crippen LogP contribution in [-0.4, -0.2) is 18.9 Å². The summed E-state index contributed by atoms with van der Waals surface area (Å²) in [7, 11) is 0. The molecule has 270 valence electrons. The summed E-state index contributed by atoms with van der Waals surface area (Å²) in [6.07, 6.45) is 3.93. The number of nitrogens with zero attached hydrogens (tertiary/aromatic N) is 4. The normalized spacial score (nSPS) is 12.2. The second-order valence-corrected chi connectivity index (χ2v) is 16.5. The first-order valence-electron chi connectivity index (χ1n) is 19.4. The summed E-state index contributed by atoms with van der Waals surface area (Å²) in [6, 6.07) is 47.7. The van der Waals surface area contributed by atoms with Crippen LogP contribution in [0.15, 0.2) is 146 Å². The molecule has 0 spiro atoms. The third kappa shape index (κ3) is 4.92. The molecule has 0 N–H and O–H groups in total. The van der Waals surface area contributed by atoms with Crippen molar-refractivity contribution in [2.45, 2.75) is 39.5 Å². The van der Waals surface area contributed by atoms with Crippen LogP contribution in [0.2, 0.25) is 0 Å². The van der Waals surface area contributed by atoms with Gasteiger partial charge in [0, 0.05) is 59.5 Å². The first kappa shape index (κ1) is 32.9. The summed E-state index contributed by atoms with van der Waals surface area (Å²) in [6.45, 7) is 9.11. The summed E-state index contributed by atoms with van der Waals surface area (Å²) >= 11 is 1.84. The molecule has 5 nitrogen and oxygen atoms in total. The Morgan fingerprint density at radius 1 is 0.518 bits per heavy atom. The van der Waals surface area contributed by atoms with Crippen molar-refractivity contribution in [2.75, 3.05) is 0 Å². The predicted molar refractivity (Wildman–Crippen MR) is 235 cm³/mol. The quantitative estimate of drug-likeness (QED) is 0.159. The van der Waals surface area contributed by atoms with Crippen molar-refractivity contribution in [1.29, 1.82) is 0 Å². The van der Waals surface area contributed by atoms with Crippen molar-refractivity contribution in [3.8, 4) is 28.6 Å². The van der Waals surface area contributed by atoms with Crippen molar-refractivity contribution in [3.63, 3.8) is 0 Å². The third-order valence-corrected chi connectivity index (χ3v) is 12.5. The Morgan fingerprint density at radius 2 is 1.21 bits per heavy atom. The SMILES string of the molecule is CC(C)c1cccc(C(C)C)c1-c1cnc2c3cc(Oc4ccc5c6cc7sc8ccccc8c7cc6n(-c6ccccn6)c5c4)ccc3c3ccccc3n12. The van der Waals surface area contributed by atoms with E-state index >= 15 is 0 Å². The number of ether oxygens (including phenoxy) is 1. The maximum Gasteiger partial charge on any atom is 0.145 e. The van der Waals surface area contributed by atoms with Gasteiger partial charge < -0.3 is 4.74 Å². The Labute approximate surface area is 328 Å².